The molecule has 0 bridgehead atoms. The molecule has 2 aromatic heterocycles. The van der Waals surface area contributed by atoms with E-state index in [2.05, 4.69) is 10.3 Å². The van der Waals surface area contributed by atoms with Crippen LogP contribution in [-0.4, -0.2) is 40.9 Å². The van der Waals surface area contributed by atoms with E-state index in [9.17, 15) is 4.79 Å². The van der Waals surface area contributed by atoms with Gasteiger partial charge in [-0.15, -0.1) is 0 Å². The number of hydrogen-bond acceptors (Lipinski definition) is 5. The van der Waals surface area contributed by atoms with Crippen LogP contribution in [0.2, 0.25) is 5.02 Å². The lowest BCUT2D eigenvalue weighted by Crippen LogP contribution is -2.41. The highest BCUT2D eigenvalue weighted by Gasteiger charge is 2.51. The van der Waals surface area contributed by atoms with Crippen LogP contribution in [0.5, 0.6) is 5.75 Å². The lowest BCUT2D eigenvalue weighted by atomic mass is 9.79. The Hall–Kier alpha value is -2.55. The van der Waals surface area contributed by atoms with Crippen LogP contribution < -0.4 is 15.5 Å². The number of carbonyl (C=O) groups excluding carboxylic acids is 1. The van der Waals surface area contributed by atoms with E-state index in [1.54, 1.807) is 43.1 Å². The zero-order valence-electron chi connectivity index (χ0n) is 18.4. The molecule has 1 amide bonds. The summed E-state index contributed by atoms with van der Waals surface area (Å²) in [6, 6.07) is 9.01. The van der Waals surface area contributed by atoms with Gasteiger partial charge in [0, 0.05) is 18.6 Å². The predicted octanol–water partition coefficient (Wildman–Crippen LogP) is 3.79. The second kappa shape index (κ2) is 7.55. The summed E-state index contributed by atoms with van der Waals surface area (Å²) in [7, 11) is 2.83. The summed E-state index contributed by atoms with van der Waals surface area (Å²) in [6.07, 6.45) is 1.56. The number of benzene rings is 1. The number of aryl methyl sites for hydroxylation is 1. The van der Waals surface area contributed by atoms with Gasteiger partial charge in [0.05, 0.1) is 29.0 Å². The summed E-state index contributed by atoms with van der Waals surface area (Å²) in [4.78, 5) is 17.3. The van der Waals surface area contributed by atoms with Gasteiger partial charge in [0.25, 0.3) is 5.91 Å². The Morgan fingerprint density at radius 3 is 2.48 bits per heavy atom. The molecule has 4 rings (SSSR count). The van der Waals surface area contributed by atoms with Crippen molar-refractivity contribution in [3.63, 3.8) is 0 Å². The molecule has 1 N–H and O–H groups in total. The van der Waals surface area contributed by atoms with Crippen molar-refractivity contribution in [1.82, 2.24) is 9.55 Å². The second-order valence-corrected chi connectivity index (χ2v) is 9.09. The zero-order chi connectivity index (χ0) is 22.6. The molecule has 3 aromatic rings. The number of hydrogen-bond donors (Lipinski definition) is 1. The molecule has 3 heterocycles. The first-order valence-corrected chi connectivity index (χ1v) is 10.4. The van der Waals surface area contributed by atoms with E-state index in [0.29, 0.717) is 27.8 Å². The topological polar surface area (TPSA) is 74.6 Å². The van der Waals surface area contributed by atoms with Crippen molar-refractivity contribution in [3.8, 4) is 5.75 Å². The van der Waals surface area contributed by atoms with E-state index in [-0.39, 0.29) is 5.91 Å². The van der Waals surface area contributed by atoms with Gasteiger partial charge in [-0.1, -0.05) is 17.7 Å². The van der Waals surface area contributed by atoms with E-state index >= 15 is 0 Å². The highest BCUT2D eigenvalue weighted by atomic mass is 35.5. The zero-order valence-corrected chi connectivity index (χ0v) is 19.2. The summed E-state index contributed by atoms with van der Waals surface area (Å²) in [5.74, 6) is 0.235. The molecule has 31 heavy (non-hydrogen) atoms. The van der Waals surface area contributed by atoms with Crippen molar-refractivity contribution in [3.05, 3.63) is 47.2 Å². The Kier molecular flexibility index (Phi) is 5.28. The third-order valence-electron chi connectivity index (χ3n) is 6.06. The van der Waals surface area contributed by atoms with Crippen molar-refractivity contribution < 1.29 is 18.8 Å². The van der Waals surface area contributed by atoms with Gasteiger partial charge in [0.15, 0.2) is 0 Å². The maximum absolute atomic E-state index is 13.0. The van der Waals surface area contributed by atoms with Gasteiger partial charge in [0.2, 0.25) is 0 Å². The molecule has 1 aliphatic rings. The monoisotopic (exact) mass is 441 g/mol. The number of halogens is 1. The fourth-order valence-corrected chi connectivity index (χ4v) is 3.70. The summed E-state index contributed by atoms with van der Waals surface area (Å²) in [5.41, 5.74) is 1.62. The lowest BCUT2D eigenvalue weighted by molar-refractivity contribution is 0.00578. The first-order chi connectivity index (χ1) is 14.5. The highest BCUT2D eigenvalue weighted by molar-refractivity contribution is 6.62. The number of methoxy groups -OCH3 is 1. The van der Waals surface area contributed by atoms with Crippen LogP contribution >= 0.6 is 11.6 Å². The number of anilines is 1. The molecule has 0 unspecified atom stereocenters. The molecule has 1 aliphatic heterocycles. The van der Waals surface area contributed by atoms with Gasteiger partial charge in [-0.3, -0.25) is 4.79 Å². The SMILES string of the molecule is COc1cc(B2OC(C)(C)C(C)(C)O2)ccc1NC(=O)c1cc2cc(Cl)cnc2n1C. The number of nitrogens with one attached hydrogen (secondary N) is 1. The molecular weight excluding hydrogens is 417 g/mol. The second-order valence-electron chi connectivity index (χ2n) is 8.66. The predicted molar refractivity (Wildman–Crippen MR) is 122 cm³/mol. The molecule has 0 radical (unpaired) electrons. The largest absolute Gasteiger partial charge is 0.495 e. The fourth-order valence-electron chi connectivity index (χ4n) is 3.53. The smallest absolute Gasteiger partial charge is 0.494 e. The first kappa shape index (κ1) is 21.7. The summed E-state index contributed by atoms with van der Waals surface area (Å²) < 4.78 is 19.5. The summed E-state index contributed by atoms with van der Waals surface area (Å²) >= 11 is 6.02. The average Bonchev–Trinajstić information content (AvgIpc) is 3.14. The van der Waals surface area contributed by atoms with Crippen LogP contribution in [0.4, 0.5) is 5.69 Å². The van der Waals surface area contributed by atoms with Crippen molar-refractivity contribution in [1.29, 1.82) is 0 Å². The number of fused-ring (bicyclic) bond motifs is 1. The lowest BCUT2D eigenvalue weighted by Gasteiger charge is -2.32. The molecular formula is C22H25BClN3O4. The van der Waals surface area contributed by atoms with Crippen LogP contribution in [0.3, 0.4) is 0 Å². The molecule has 0 atom stereocenters. The Balaban J connectivity index is 1.60. The van der Waals surface area contributed by atoms with E-state index in [0.717, 1.165) is 10.8 Å². The number of aromatic nitrogens is 2. The molecule has 9 heteroatoms. The van der Waals surface area contributed by atoms with Crippen molar-refractivity contribution in [2.24, 2.45) is 7.05 Å². The fraction of sp³-hybridized carbons (Fsp3) is 0.364. The normalized spacial score (nSPS) is 17.2. The summed E-state index contributed by atoms with van der Waals surface area (Å²) in [5, 5.41) is 4.23. The van der Waals surface area contributed by atoms with Crippen LogP contribution in [0, 0.1) is 0 Å². The molecule has 0 spiro atoms. The van der Waals surface area contributed by atoms with E-state index in [1.165, 1.54) is 0 Å². The highest BCUT2D eigenvalue weighted by Crippen LogP contribution is 2.37. The number of pyridine rings is 1. The van der Waals surface area contributed by atoms with Crippen molar-refractivity contribution >= 4 is 46.8 Å². The van der Waals surface area contributed by atoms with Gasteiger partial charge in [-0.2, -0.15) is 0 Å². The van der Waals surface area contributed by atoms with Gasteiger partial charge >= 0.3 is 7.12 Å². The molecule has 162 valence electrons. The van der Waals surface area contributed by atoms with Gasteiger partial charge < -0.3 is 23.9 Å². The van der Waals surface area contributed by atoms with E-state index < -0.39 is 18.3 Å². The Bertz CT molecular complexity index is 1160. The number of amides is 1. The molecule has 0 saturated carbocycles. The number of rotatable bonds is 4. The maximum Gasteiger partial charge on any atom is 0.494 e. The summed E-state index contributed by atoms with van der Waals surface area (Å²) in [6.45, 7) is 8.02. The number of ether oxygens (including phenoxy) is 1. The van der Waals surface area contributed by atoms with Gasteiger partial charge in [0.1, 0.15) is 17.1 Å². The first-order valence-electron chi connectivity index (χ1n) is 9.98. The average molecular weight is 442 g/mol. The molecule has 0 aliphatic carbocycles. The van der Waals surface area contributed by atoms with E-state index in [1.807, 2.05) is 39.8 Å². The molecule has 7 nitrogen and oxygen atoms in total. The molecule has 1 saturated heterocycles. The third-order valence-corrected chi connectivity index (χ3v) is 6.27. The van der Waals surface area contributed by atoms with E-state index in [4.69, 9.17) is 25.6 Å². The van der Waals surface area contributed by atoms with Crippen LogP contribution in [-0.2, 0) is 16.4 Å². The van der Waals surface area contributed by atoms with Gasteiger partial charge in [-0.25, -0.2) is 4.98 Å². The quantitative estimate of drug-likeness (QED) is 0.624. The third kappa shape index (κ3) is 3.80. The molecule has 1 fully saturated rings. The van der Waals surface area contributed by atoms with Crippen molar-refractivity contribution in [2.45, 2.75) is 38.9 Å². The van der Waals surface area contributed by atoms with Crippen LogP contribution in [0.15, 0.2) is 36.5 Å². The number of carbonyl (C=O) groups is 1. The minimum Gasteiger partial charge on any atom is -0.495 e. The van der Waals surface area contributed by atoms with Gasteiger partial charge in [-0.05, 0) is 57.4 Å². The number of nitrogens with zero attached hydrogens (tertiary/aromatic N) is 2. The van der Waals surface area contributed by atoms with Crippen molar-refractivity contribution in [2.75, 3.05) is 12.4 Å². The van der Waals surface area contributed by atoms with Crippen LogP contribution in [0.1, 0.15) is 38.2 Å². The van der Waals surface area contributed by atoms with Crippen LogP contribution in [0.25, 0.3) is 11.0 Å². The Labute approximate surface area is 186 Å². The molecule has 1 aromatic carbocycles. The standard InChI is InChI=1S/C22H25BClN3O4/c1-21(2)22(3,4)31-23(30-21)14-7-8-16(18(11-14)29-6)26-20(28)17-10-13-9-15(24)12-25-19(13)27(17)5/h7-12H,1-6H3,(H,26,28). The Morgan fingerprint density at radius 2 is 1.84 bits per heavy atom. The Morgan fingerprint density at radius 1 is 1.16 bits per heavy atom. The minimum atomic E-state index is -0.516. The maximum atomic E-state index is 13.0. The minimum absolute atomic E-state index is 0.279.